The molecule has 0 saturated heterocycles. The molecule has 1 saturated carbocycles. The Balaban J connectivity index is 1.68. The average molecular weight is 330 g/mol. The van der Waals surface area contributed by atoms with Crippen molar-refractivity contribution in [2.45, 2.75) is 18.4 Å². The summed E-state index contributed by atoms with van der Waals surface area (Å²) < 4.78 is 29.3. The summed E-state index contributed by atoms with van der Waals surface area (Å²) >= 11 is 0. The number of carbonyl (C=O) groups is 1. The molecule has 1 aromatic carbocycles. The highest BCUT2D eigenvalue weighted by molar-refractivity contribution is 5.93. The lowest BCUT2D eigenvalue weighted by Gasteiger charge is -2.03. The number of amides is 1. The monoisotopic (exact) mass is 330 g/mol. The largest absolute Gasteiger partial charge is 0.366 e. The van der Waals surface area contributed by atoms with E-state index in [0.29, 0.717) is 22.6 Å². The highest BCUT2D eigenvalue weighted by Crippen LogP contribution is 2.53. The summed E-state index contributed by atoms with van der Waals surface area (Å²) in [6, 6.07) is 7.25. The number of nitrogens with zero attached hydrogens (tertiary/aromatic N) is 5. The van der Waals surface area contributed by atoms with Crippen LogP contribution in [0.4, 0.5) is 8.78 Å². The minimum atomic E-state index is -2.73. The van der Waals surface area contributed by atoms with E-state index >= 15 is 0 Å². The van der Waals surface area contributed by atoms with E-state index in [0.717, 1.165) is 0 Å². The molecule has 122 valence electrons. The Morgan fingerprint density at radius 2 is 2.12 bits per heavy atom. The van der Waals surface area contributed by atoms with Crippen molar-refractivity contribution in [3.8, 4) is 17.1 Å². The molecule has 0 spiro atoms. The number of aromatic nitrogens is 5. The molecule has 0 bridgehead atoms. The molecule has 2 heterocycles. The first-order chi connectivity index (χ1) is 11.5. The third-order valence-corrected chi connectivity index (χ3v) is 3.91. The van der Waals surface area contributed by atoms with Crippen molar-refractivity contribution in [2.75, 3.05) is 0 Å². The van der Waals surface area contributed by atoms with E-state index in [2.05, 4.69) is 15.4 Å². The van der Waals surface area contributed by atoms with Crippen LogP contribution in [0.2, 0.25) is 0 Å². The second-order valence-electron chi connectivity index (χ2n) is 5.60. The third-order valence-electron chi connectivity index (χ3n) is 3.91. The fourth-order valence-corrected chi connectivity index (χ4v) is 2.54. The van der Waals surface area contributed by atoms with Gasteiger partial charge >= 0.3 is 0 Å². The Labute approximate surface area is 134 Å². The van der Waals surface area contributed by atoms with E-state index in [-0.39, 0.29) is 6.42 Å². The van der Waals surface area contributed by atoms with Crippen LogP contribution in [0.3, 0.4) is 0 Å². The van der Waals surface area contributed by atoms with Crippen LogP contribution in [0.1, 0.15) is 22.8 Å². The van der Waals surface area contributed by atoms with Crippen molar-refractivity contribution in [1.82, 2.24) is 24.8 Å². The number of halogens is 2. The molecule has 2 N–H and O–H groups in total. The Morgan fingerprint density at radius 1 is 1.33 bits per heavy atom. The van der Waals surface area contributed by atoms with Gasteiger partial charge in [-0.25, -0.2) is 13.5 Å². The van der Waals surface area contributed by atoms with Gasteiger partial charge in [0.15, 0.2) is 0 Å². The predicted octanol–water partition coefficient (Wildman–Crippen LogP) is 1.81. The number of primary amides is 1. The topological polar surface area (TPSA) is 91.6 Å². The molecule has 3 aromatic rings. The average Bonchev–Trinajstić information content (AvgIpc) is 2.99. The first-order valence-electron chi connectivity index (χ1n) is 7.20. The number of nitrogens with two attached hydrogens (primary N) is 1. The molecule has 1 atom stereocenters. The standard InChI is InChI=1S/C15H12F2N6O/c16-15(17)7-13(15)23-12(4-5-19-23)11-8-22(21-20-11)10-3-1-2-9(6-10)14(18)24/h1-6,8,13H,7H2,(H2,18,24). The third kappa shape index (κ3) is 2.34. The Hall–Kier alpha value is -3.10. The van der Waals surface area contributed by atoms with Gasteiger partial charge in [-0.15, -0.1) is 5.10 Å². The van der Waals surface area contributed by atoms with Gasteiger partial charge in [0.2, 0.25) is 5.91 Å². The minimum absolute atomic E-state index is 0.226. The summed E-state index contributed by atoms with van der Waals surface area (Å²) in [5.74, 6) is -3.28. The minimum Gasteiger partial charge on any atom is -0.366 e. The molecule has 0 aliphatic heterocycles. The van der Waals surface area contributed by atoms with Crippen LogP contribution in [0.25, 0.3) is 17.1 Å². The van der Waals surface area contributed by atoms with E-state index in [4.69, 9.17) is 5.73 Å². The van der Waals surface area contributed by atoms with Crippen molar-refractivity contribution in [3.63, 3.8) is 0 Å². The SMILES string of the molecule is NC(=O)c1cccc(-n2cc(-c3ccnn3C3CC3(F)F)nn2)c1. The zero-order valence-corrected chi connectivity index (χ0v) is 12.3. The Morgan fingerprint density at radius 3 is 2.83 bits per heavy atom. The van der Waals surface area contributed by atoms with Crippen molar-refractivity contribution in [3.05, 3.63) is 48.3 Å². The number of rotatable bonds is 4. The van der Waals surface area contributed by atoms with Gasteiger partial charge < -0.3 is 5.73 Å². The molecule has 1 aliphatic carbocycles. The lowest BCUT2D eigenvalue weighted by atomic mass is 10.2. The van der Waals surface area contributed by atoms with Gasteiger partial charge in [-0.05, 0) is 24.3 Å². The summed E-state index contributed by atoms with van der Waals surface area (Å²) in [5.41, 5.74) is 7.08. The zero-order valence-electron chi connectivity index (χ0n) is 12.3. The number of hydrogen-bond acceptors (Lipinski definition) is 4. The first-order valence-corrected chi connectivity index (χ1v) is 7.20. The van der Waals surface area contributed by atoms with Gasteiger partial charge in [0.1, 0.15) is 11.7 Å². The van der Waals surface area contributed by atoms with Gasteiger partial charge in [0, 0.05) is 18.2 Å². The molecule has 1 aliphatic rings. The molecule has 1 fully saturated rings. The lowest BCUT2D eigenvalue weighted by Crippen LogP contribution is -2.11. The van der Waals surface area contributed by atoms with Crippen molar-refractivity contribution < 1.29 is 13.6 Å². The molecule has 1 unspecified atom stereocenters. The van der Waals surface area contributed by atoms with Crippen molar-refractivity contribution in [1.29, 1.82) is 0 Å². The normalized spacial score (nSPS) is 18.5. The lowest BCUT2D eigenvalue weighted by molar-refractivity contribution is 0.0983. The summed E-state index contributed by atoms with van der Waals surface area (Å²) in [7, 11) is 0. The van der Waals surface area contributed by atoms with Crippen LogP contribution >= 0.6 is 0 Å². The van der Waals surface area contributed by atoms with Crippen LogP contribution in [-0.4, -0.2) is 36.6 Å². The molecular weight excluding hydrogens is 318 g/mol. The zero-order chi connectivity index (χ0) is 16.9. The van der Waals surface area contributed by atoms with Crippen LogP contribution in [-0.2, 0) is 0 Å². The summed E-state index contributed by atoms with van der Waals surface area (Å²) in [5, 5.41) is 12.0. The Bertz CT molecular complexity index is 931. The predicted molar refractivity (Wildman–Crippen MR) is 79.7 cm³/mol. The van der Waals surface area contributed by atoms with Gasteiger partial charge in [-0.2, -0.15) is 5.10 Å². The van der Waals surface area contributed by atoms with E-state index < -0.39 is 17.9 Å². The van der Waals surface area contributed by atoms with Crippen LogP contribution in [0.5, 0.6) is 0 Å². The maximum Gasteiger partial charge on any atom is 0.272 e. The second-order valence-corrected chi connectivity index (χ2v) is 5.60. The van der Waals surface area contributed by atoms with Crippen molar-refractivity contribution in [2.24, 2.45) is 5.73 Å². The molecule has 7 nitrogen and oxygen atoms in total. The smallest absolute Gasteiger partial charge is 0.272 e. The molecule has 24 heavy (non-hydrogen) atoms. The summed E-state index contributed by atoms with van der Waals surface area (Å²) in [6.07, 6.45) is 2.82. The Kier molecular flexibility index (Phi) is 2.99. The van der Waals surface area contributed by atoms with E-state index in [9.17, 15) is 13.6 Å². The van der Waals surface area contributed by atoms with Gasteiger partial charge in [-0.3, -0.25) is 9.48 Å². The van der Waals surface area contributed by atoms with Gasteiger partial charge in [0.05, 0.1) is 17.6 Å². The van der Waals surface area contributed by atoms with Crippen LogP contribution in [0, 0.1) is 0 Å². The molecule has 1 amide bonds. The van der Waals surface area contributed by atoms with E-state index in [1.54, 1.807) is 36.5 Å². The maximum atomic E-state index is 13.3. The van der Waals surface area contributed by atoms with E-state index in [1.165, 1.54) is 15.6 Å². The highest BCUT2D eigenvalue weighted by Gasteiger charge is 2.59. The fraction of sp³-hybridized carbons (Fsp3) is 0.200. The molecule has 4 rings (SSSR count). The fourth-order valence-electron chi connectivity index (χ4n) is 2.54. The number of benzene rings is 1. The van der Waals surface area contributed by atoms with E-state index in [1.807, 2.05) is 0 Å². The molecule has 2 aromatic heterocycles. The first kappa shape index (κ1) is 14.5. The number of alkyl halides is 2. The summed E-state index contributed by atoms with van der Waals surface area (Å²) in [6.45, 7) is 0. The summed E-state index contributed by atoms with van der Waals surface area (Å²) in [4.78, 5) is 11.3. The quantitative estimate of drug-likeness (QED) is 0.790. The second kappa shape index (κ2) is 4.95. The number of carbonyl (C=O) groups excluding carboxylic acids is 1. The highest BCUT2D eigenvalue weighted by atomic mass is 19.3. The van der Waals surface area contributed by atoms with Crippen molar-refractivity contribution >= 4 is 5.91 Å². The van der Waals surface area contributed by atoms with Crippen LogP contribution in [0.15, 0.2) is 42.7 Å². The number of hydrogen-bond donors (Lipinski definition) is 1. The molecule has 0 radical (unpaired) electrons. The molecule has 9 heteroatoms. The van der Waals surface area contributed by atoms with Crippen LogP contribution < -0.4 is 5.73 Å². The maximum absolute atomic E-state index is 13.3. The molecular formula is C15H12F2N6O. The van der Waals surface area contributed by atoms with Gasteiger partial charge in [0.25, 0.3) is 5.92 Å². The van der Waals surface area contributed by atoms with Gasteiger partial charge in [-0.1, -0.05) is 11.3 Å².